The Bertz CT molecular complexity index is 1230. The maximum Gasteiger partial charge on any atom is 0.461 e. The van der Waals surface area contributed by atoms with E-state index in [-0.39, 0.29) is 12.5 Å². The van der Waals surface area contributed by atoms with Gasteiger partial charge in [0.25, 0.3) is 0 Å². The van der Waals surface area contributed by atoms with Crippen LogP contribution in [0.15, 0.2) is 72.9 Å². The Morgan fingerprint density at radius 1 is 1.05 bits per heavy atom. The van der Waals surface area contributed by atoms with Gasteiger partial charge in [-0.2, -0.15) is 17.6 Å². The van der Waals surface area contributed by atoms with Crippen LogP contribution in [0, 0.1) is 0 Å². The van der Waals surface area contributed by atoms with Gasteiger partial charge in [-0.3, -0.25) is 4.98 Å². The Morgan fingerprint density at radius 2 is 1.76 bits per heavy atom. The zero-order valence-corrected chi connectivity index (χ0v) is 21.3. The highest BCUT2D eigenvalue weighted by molar-refractivity contribution is 6.30. The number of alkyl halides is 4. The normalized spacial score (nSPS) is 16.2. The van der Waals surface area contributed by atoms with E-state index in [0.717, 1.165) is 11.6 Å². The average molecular weight is 551 g/mol. The summed E-state index contributed by atoms with van der Waals surface area (Å²) >= 11 is 6.10. The summed E-state index contributed by atoms with van der Waals surface area (Å²) in [5.74, 6) is -0.479. The van der Waals surface area contributed by atoms with Gasteiger partial charge in [-0.25, -0.2) is 4.79 Å². The molecule has 0 bridgehead atoms. The smallest absolute Gasteiger partial charge is 0.428 e. The Morgan fingerprint density at radius 3 is 2.39 bits per heavy atom. The maximum atomic E-state index is 13.8. The number of hydrogen-bond donors (Lipinski definition) is 1. The maximum absolute atomic E-state index is 13.8. The van der Waals surface area contributed by atoms with E-state index >= 15 is 0 Å². The van der Waals surface area contributed by atoms with E-state index in [4.69, 9.17) is 11.6 Å². The minimum Gasteiger partial charge on any atom is -0.428 e. The molecule has 4 rings (SSSR count). The number of nitrogens with zero attached hydrogens (tertiary/aromatic N) is 3. The number of amides is 2. The minimum absolute atomic E-state index is 0.177. The lowest BCUT2D eigenvalue weighted by Gasteiger charge is -2.39. The van der Waals surface area contributed by atoms with Crippen molar-refractivity contribution in [2.45, 2.75) is 24.5 Å². The molecule has 202 valence electrons. The molecule has 1 saturated heterocycles. The summed E-state index contributed by atoms with van der Waals surface area (Å²) in [4.78, 5) is 21.9. The molecular formula is C27H27ClF4N4O2. The Labute approximate surface area is 223 Å². The zero-order chi connectivity index (χ0) is 27.3. The van der Waals surface area contributed by atoms with Crippen molar-refractivity contribution in [3.8, 4) is 5.75 Å². The molecule has 38 heavy (non-hydrogen) atoms. The van der Waals surface area contributed by atoms with Crippen molar-refractivity contribution in [2.75, 3.05) is 33.2 Å². The van der Waals surface area contributed by atoms with Crippen LogP contribution in [0.1, 0.15) is 16.8 Å². The van der Waals surface area contributed by atoms with E-state index in [1.54, 1.807) is 23.1 Å². The second kappa shape index (κ2) is 11.6. The Hall–Kier alpha value is -3.37. The number of piperazine rings is 1. The van der Waals surface area contributed by atoms with Crippen LogP contribution in [0.5, 0.6) is 5.75 Å². The molecule has 1 fully saturated rings. The van der Waals surface area contributed by atoms with Gasteiger partial charge in [0.1, 0.15) is 11.3 Å². The highest BCUT2D eigenvalue weighted by atomic mass is 35.5. The van der Waals surface area contributed by atoms with Crippen LogP contribution < -0.4 is 10.1 Å². The predicted molar refractivity (Wildman–Crippen MR) is 136 cm³/mol. The van der Waals surface area contributed by atoms with Crippen LogP contribution in [0.4, 0.5) is 22.4 Å². The van der Waals surface area contributed by atoms with Crippen molar-refractivity contribution in [3.63, 3.8) is 0 Å². The molecule has 1 N–H and O–H groups in total. The van der Waals surface area contributed by atoms with Gasteiger partial charge < -0.3 is 19.9 Å². The van der Waals surface area contributed by atoms with Gasteiger partial charge in [-0.05, 0) is 42.4 Å². The Balaban J connectivity index is 1.83. The number of carbonyl (C=O) groups is 1. The molecule has 1 atom stereocenters. The number of urea groups is 1. The van der Waals surface area contributed by atoms with Crippen molar-refractivity contribution < 1.29 is 27.1 Å². The number of halogens is 5. The number of hydrogen-bond acceptors (Lipinski definition) is 4. The summed E-state index contributed by atoms with van der Waals surface area (Å²) in [6.07, 6.45) is -7.11. The number of pyridine rings is 1. The molecule has 3 aromatic rings. The summed E-state index contributed by atoms with van der Waals surface area (Å²) < 4.78 is 57.7. The standard InChI is InChI=1S/C27H27ClF4N4O2/c1-35-12-14-36(15-13-35)25(37)34-26(17-19-6-3-2-4-7-19,23-11-10-21(28)18-33-23)20-8-5-9-22(16-20)38-27(31,32)24(29)30/h2-11,16,18,24H,12-15,17H2,1H3,(H,34,37). The number of rotatable bonds is 8. The molecule has 11 heteroatoms. The van der Waals surface area contributed by atoms with Crippen molar-refractivity contribution in [2.24, 2.45) is 0 Å². The van der Waals surface area contributed by atoms with E-state index in [2.05, 4.69) is 19.9 Å². The average Bonchev–Trinajstić information content (AvgIpc) is 2.89. The number of carbonyl (C=O) groups excluding carboxylic acids is 1. The molecule has 0 spiro atoms. The van der Waals surface area contributed by atoms with Gasteiger partial charge in [0, 0.05) is 38.8 Å². The second-order valence-electron chi connectivity index (χ2n) is 9.14. The lowest BCUT2D eigenvalue weighted by atomic mass is 9.80. The molecule has 2 amide bonds. The van der Waals surface area contributed by atoms with Gasteiger partial charge in [0.05, 0.1) is 10.7 Å². The minimum atomic E-state index is -4.69. The highest BCUT2D eigenvalue weighted by Gasteiger charge is 2.45. The fraction of sp³-hybridized carbons (Fsp3) is 0.333. The van der Waals surface area contributed by atoms with Crippen LogP contribution in [0.25, 0.3) is 0 Å². The molecule has 0 saturated carbocycles. The molecule has 2 heterocycles. The molecule has 1 aromatic heterocycles. The molecule has 1 aliphatic heterocycles. The van der Waals surface area contributed by atoms with Crippen LogP contribution in [-0.4, -0.2) is 66.6 Å². The van der Waals surface area contributed by atoms with Crippen molar-refractivity contribution in [1.29, 1.82) is 0 Å². The van der Waals surface area contributed by atoms with Gasteiger partial charge in [-0.15, -0.1) is 0 Å². The van der Waals surface area contributed by atoms with Crippen LogP contribution in [0.3, 0.4) is 0 Å². The third kappa shape index (κ3) is 6.36. The molecule has 0 aliphatic carbocycles. The third-order valence-electron chi connectivity index (χ3n) is 6.42. The van der Waals surface area contributed by atoms with Crippen LogP contribution >= 0.6 is 11.6 Å². The van der Waals surface area contributed by atoms with Gasteiger partial charge in [0.15, 0.2) is 0 Å². The summed E-state index contributed by atoms with van der Waals surface area (Å²) in [6, 6.07) is 17.5. The lowest BCUT2D eigenvalue weighted by molar-refractivity contribution is -0.253. The molecule has 1 unspecified atom stereocenters. The lowest BCUT2D eigenvalue weighted by Crippen LogP contribution is -2.57. The van der Waals surface area contributed by atoms with Crippen molar-refractivity contribution in [3.05, 3.63) is 94.8 Å². The first-order valence-electron chi connectivity index (χ1n) is 12.0. The predicted octanol–water partition coefficient (Wildman–Crippen LogP) is 5.42. The van der Waals surface area contributed by atoms with Gasteiger partial charge in [0.2, 0.25) is 0 Å². The van der Waals surface area contributed by atoms with Crippen LogP contribution in [-0.2, 0) is 12.0 Å². The summed E-state index contributed by atoms with van der Waals surface area (Å²) in [5, 5.41) is 3.46. The third-order valence-corrected chi connectivity index (χ3v) is 6.65. The van der Waals surface area contributed by atoms with Gasteiger partial charge >= 0.3 is 18.6 Å². The van der Waals surface area contributed by atoms with E-state index < -0.39 is 23.8 Å². The molecule has 1 aliphatic rings. The molecule has 2 aromatic carbocycles. The van der Waals surface area contributed by atoms with E-state index in [9.17, 15) is 22.4 Å². The number of nitrogens with one attached hydrogen (secondary N) is 1. The summed E-state index contributed by atoms with van der Waals surface area (Å²) in [5.41, 5.74) is 0.130. The molecular weight excluding hydrogens is 524 g/mol. The monoisotopic (exact) mass is 550 g/mol. The zero-order valence-electron chi connectivity index (χ0n) is 20.6. The van der Waals surface area contributed by atoms with E-state index in [0.29, 0.717) is 42.5 Å². The largest absolute Gasteiger partial charge is 0.461 e. The number of benzene rings is 2. The first-order valence-corrected chi connectivity index (χ1v) is 12.3. The quantitative estimate of drug-likeness (QED) is 0.381. The van der Waals surface area contributed by atoms with E-state index in [1.807, 2.05) is 37.4 Å². The summed E-state index contributed by atoms with van der Waals surface area (Å²) in [6.45, 7) is 2.35. The number of likely N-dealkylation sites (N-methyl/N-ethyl adjacent to an activating group) is 1. The van der Waals surface area contributed by atoms with Gasteiger partial charge in [-0.1, -0.05) is 54.1 Å². The number of ether oxygens (including phenoxy) is 1. The Kier molecular flexibility index (Phi) is 8.42. The van der Waals surface area contributed by atoms with Crippen molar-refractivity contribution in [1.82, 2.24) is 20.1 Å². The SMILES string of the molecule is CN1CCN(C(=O)NC(Cc2ccccc2)(c2cccc(OC(F)(F)C(F)F)c2)c2ccc(Cl)cn2)CC1. The second-order valence-corrected chi connectivity index (χ2v) is 9.58. The first kappa shape index (κ1) is 27.7. The highest BCUT2D eigenvalue weighted by Crippen LogP contribution is 2.36. The topological polar surface area (TPSA) is 57.7 Å². The number of aromatic nitrogens is 1. The molecule has 0 radical (unpaired) electrons. The fourth-order valence-electron chi connectivity index (χ4n) is 4.35. The van der Waals surface area contributed by atoms with Crippen LogP contribution in [0.2, 0.25) is 5.02 Å². The van der Waals surface area contributed by atoms with Crippen molar-refractivity contribution >= 4 is 17.6 Å². The molecule has 6 nitrogen and oxygen atoms in total. The summed E-state index contributed by atoms with van der Waals surface area (Å²) in [7, 11) is 1.97. The fourth-order valence-corrected chi connectivity index (χ4v) is 4.46. The first-order chi connectivity index (χ1) is 18.1. The van der Waals surface area contributed by atoms with E-state index in [1.165, 1.54) is 18.3 Å².